The Morgan fingerprint density at radius 1 is 1.22 bits per heavy atom. The predicted octanol–water partition coefficient (Wildman–Crippen LogP) is 2.29. The number of allylic oxidation sites excluding steroid dienone is 2. The molecule has 6 heteroatoms. The molecule has 0 bridgehead atoms. The van der Waals surface area contributed by atoms with Gasteiger partial charge in [-0.3, -0.25) is 4.79 Å². The zero-order valence-electron chi connectivity index (χ0n) is 15.5. The van der Waals surface area contributed by atoms with E-state index in [2.05, 4.69) is 0 Å². The van der Waals surface area contributed by atoms with Crippen molar-refractivity contribution in [1.82, 2.24) is 4.31 Å². The number of rotatable bonds is 5. The number of piperidine rings is 1. The average Bonchev–Trinajstić information content (AvgIpc) is 3.13. The number of ketones is 1. The van der Waals surface area contributed by atoms with E-state index >= 15 is 0 Å². The summed E-state index contributed by atoms with van der Waals surface area (Å²) in [6, 6.07) is 6.64. The molecule has 1 aromatic carbocycles. The summed E-state index contributed by atoms with van der Waals surface area (Å²) in [6.07, 6.45) is 10.8. The van der Waals surface area contributed by atoms with Crippen molar-refractivity contribution >= 4 is 15.8 Å². The third kappa shape index (κ3) is 4.50. The summed E-state index contributed by atoms with van der Waals surface area (Å²) in [6.45, 7) is 3.64. The molecular weight excluding hydrogens is 362 g/mol. The highest BCUT2D eigenvalue weighted by Crippen LogP contribution is 2.32. The van der Waals surface area contributed by atoms with E-state index in [1.807, 2.05) is 32.6 Å². The van der Waals surface area contributed by atoms with Crippen molar-refractivity contribution in [3.63, 3.8) is 0 Å². The fourth-order valence-electron chi connectivity index (χ4n) is 3.29. The summed E-state index contributed by atoms with van der Waals surface area (Å²) >= 11 is 0. The van der Waals surface area contributed by atoms with Gasteiger partial charge in [-0.1, -0.05) is 23.8 Å². The minimum absolute atomic E-state index is 0.0343. The SMILES string of the molecule is Cc1ccc(S(=O)(=O)N2CC[C@@](C)(O)[C@@H](C(=O)/C=C/[C]3[CH][CH][CH][CH]3)C2)cc1. The number of sulfonamides is 1. The van der Waals surface area contributed by atoms with Gasteiger partial charge in [0.2, 0.25) is 10.0 Å². The summed E-state index contributed by atoms with van der Waals surface area (Å²) in [5, 5.41) is 10.7. The molecule has 1 heterocycles. The highest BCUT2D eigenvalue weighted by atomic mass is 32.2. The van der Waals surface area contributed by atoms with Crippen molar-refractivity contribution in [3.8, 4) is 0 Å². The normalized spacial score (nSPS) is 28.0. The summed E-state index contributed by atoms with van der Waals surface area (Å²) in [5.41, 5.74) is -0.270. The maximum Gasteiger partial charge on any atom is 0.243 e. The lowest BCUT2D eigenvalue weighted by Gasteiger charge is -2.40. The molecule has 2 aliphatic rings. The number of hydrogen-bond acceptors (Lipinski definition) is 4. The van der Waals surface area contributed by atoms with Crippen LogP contribution in [-0.2, 0) is 14.8 Å². The quantitative estimate of drug-likeness (QED) is 0.788. The third-order valence-electron chi connectivity index (χ3n) is 5.13. The van der Waals surface area contributed by atoms with E-state index in [9.17, 15) is 18.3 Å². The van der Waals surface area contributed by atoms with Gasteiger partial charge in [0, 0.05) is 19.0 Å². The first kappa shape index (κ1) is 20.2. The second kappa shape index (κ2) is 7.86. The molecule has 27 heavy (non-hydrogen) atoms. The van der Waals surface area contributed by atoms with E-state index in [0.717, 1.165) is 11.5 Å². The molecule has 0 amide bonds. The monoisotopic (exact) mass is 386 g/mol. The van der Waals surface area contributed by atoms with Crippen LogP contribution < -0.4 is 0 Å². The van der Waals surface area contributed by atoms with E-state index in [0.29, 0.717) is 0 Å². The summed E-state index contributed by atoms with van der Waals surface area (Å²) in [5.74, 6) is -0.189. The summed E-state index contributed by atoms with van der Waals surface area (Å²) < 4.78 is 27.2. The predicted molar refractivity (Wildman–Crippen MR) is 103 cm³/mol. The molecule has 1 aliphatic carbocycles. The van der Waals surface area contributed by atoms with Gasteiger partial charge in [0.1, 0.15) is 0 Å². The second-order valence-electron chi connectivity index (χ2n) is 7.29. The molecule has 1 N–H and O–H groups in total. The Labute approximate surface area is 162 Å². The Kier molecular flexibility index (Phi) is 5.89. The van der Waals surface area contributed by atoms with Crippen LogP contribution in [0, 0.1) is 44.4 Å². The molecule has 2 fully saturated rings. The first-order valence-electron chi connectivity index (χ1n) is 8.93. The molecule has 2 atom stereocenters. The Morgan fingerprint density at radius 3 is 2.48 bits per heavy atom. The van der Waals surface area contributed by atoms with Gasteiger partial charge in [0.15, 0.2) is 5.78 Å². The highest BCUT2D eigenvalue weighted by molar-refractivity contribution is 7.89. The van der Waals surface area contributed by atoms with Gasteiger partial charge in [-0.2, -0.15) is 4.31 Å². The Hall–Kier alpha value is -1.50. The van der Waals surface area contributed by atoms with Gasteiger partial charge < -0.3 is 5.11 Å². The average molecular weight is 386 g/mol. The van der Waals surface area contributed by atoms with Crippen molar-refractivity contribution in [2.24, 2.45) is 5.92 Å². The van der Waals surface area contributed by atoms with E-state index < -0.39 is 21.5 Å². The topological polar surface area (TPSA) is 74.7 Å². The minimum atomic E-state index is -3.71. The van der Waals surface area contributed by atoms with E-state index in [4.69, 9.17) is 0 Å². The van der Waals surface area contributed by atoms with Crippen molar-refractivity contribution in [1.29, 1.82) is 0 Å². The number of aryl methyl sites for hydroxylation is 1. The zero-order valence-corrected chi connectivity index (χ0v) is 16.3. The molecule has 5 nitrogen and oxygen atoms in total. The van der Waals surface area contributed by atoms with Gasteiger partial charge in [0.05, 0.1) is 16.4 Å². The standard InChI is InChI=1S/C21H24NO4S/c1-16-7-10-18(11-8-16)27(25,26)22-14-13-21(2,24)19(15-22)20(23)12-9-17-5-3-4-6-17/h3-12,19,24H,13-15H2,1-2H3/b12-9+/t19-,21-/m1/s1. The number of nitrogens with zero attached hydrogens (tertiary/aromatic N) is 1. The minimum Gasteiger partial charge on any atom is -0.389 e. The fraction of sp³-hybridized carbons (Fsp3) is 0.333. The van der Waals surface area contributed by atoms with Crippen molar-refractivity contribution < 1.29 is 18.3 Å². The van der Waals surface area contributed by atoms with Crippen LogP contribution in [-0.4, -0.2) is 42.3 Å². The van der Waals surface area contributed by atoms with Gasteiger partial charge in [0.25, 0.3) is 0 Å². The lowest BCUT2D eigenvalue weighted by atomic mass is 9.80. The van der Waals surface area contributed by atoms with Crippen LogP contribution in [0.2, 0.25) is 0 Å². The van der Waals surface area contributed by atoms with Crippen LogP contribution in [0.15, 0.2) is 41.3 Å². The molecule has 143 valence electrons. The van der Waals surface area contributed by atoms with Crippen LogP contribution in [0.3, 0.4) is 0 Å². The number of carbonyl (C=O) groups is 1. The van der Waals surface area contributed by atoms with Crippen LogP contribution in [0.4, 0.5) is 0 Å². The largest absolute Gasteiger partial charge is 0.389 e. The number of hydrogen-bond donors (Lipinski definition) is 1. The van der Waals surface area contributed by atoms with Crippen LogP contribution >= 0.6 is 0 Å². The highest BCUT2D eigenvalue weighted by Gasteiger charge is 2.44. The molecule has 5 radical (unpaired) electrons. The molecule has 1 aliphatic heterocycles. The number of aliphatic hydroxyl groups is 1. The second-order valence-corrected chi connectivity index (χ2v) is 9.23. The number of benzene rings is 1. The van der Waals surface area contributed by atoms with Crippen LogP contribution in [0.5, 0.6) is 0 Å². The lowest BCUT2D eigenvalue weighted by Crippen LogP contribution is -2.54. The molecule has 1 aromatic rings. The molecular formula is C21H24NO4S. The Morgan fingerprint density at radius 2 is 1.85 bits per heavy atom. The first-order chi connectivity index (χ1) is 12.7. The first-order valence-corrected chi connectivity index (χ1v) is 10.4. The lowest BCUT2D eigenvalue weighted by molar-refractivity contribution is -0.130. The molecule has 3 rings (SSSR count). The maximum absolute atomic E-state index is 12.9. The van der Waals surface area contributed by atoms with Gasteiger partial charge in [-0.15, -0.1) is 0 Å². The maximum atomic E-state index is 12.9. The molecule has 1 saturated heterocycles. The zero-order chi connectivity index (χ0) is 19.7. The third-order valence-corrected chi connectivity index (χ3v) is 7.01. The van der Waals surface area contributed by atoms with Crippen molar-refractivity contribution in [3.05, 3.63) is 73.6 Å². The molecule has 1 saturated carbocycles. The van der Waals surface area contributed by atoms with Gasteiger partial charge in [-0.25, -0.2) is 8.42 Å². The molecule has 0 aromatic heterocycles. The molecule has 0 spiro atoms. The van der Waals surface area contributed by atoms with E-state index in [-0.39, 0.29) is 30.2 Å². The number of carbonyl (C=O) groups excluding carboxylic acids is 1. The van der Waals surface area contributed by atoms with E-state index in [1.165, 1.54) is 10.4 Å². The van der Waals surface area contributed by atoms with Crippen LogP contribution in [0.1, 0.15) is 18.9 Å². The van der Waals surface area contributed by atoms with Crippen molar-refractivity contribution in [2.45, 2.75) is 30.8 Å². The van der Waals surface area contributed by atoms with Crippen LogP contribution in [0.25, 0.3) is 0 Å². The van der Waals surface area contributed by atoms with Gasteiger partial charge >= 0.3 is 0 Å². The summed E-state index contributed by atoms with van der Waals surface area (Å²) in [7, 11) is -3.71. The Balaban J connectivity index is 1.77. The molecule has 0 unspecified atom stereocenters. The van der Waals surface area contributed by atoms with E-state index in [1.54, 1.807) is 37.3 Å². The van der Waals surface area contributed by atoms with Crippen molar-refractivity contribution in [2.75, 3.05) is 13.1 Å². The van der Waals surface area contributed by atoms with Gasteiger partial charge in [-0.05, 0) is 64.2 Å². The fourth-order valence-corrected chi connectivity index (χ4v) is 4.74. The summed E-state index contributed by atoms with van der Waals surface area (Å²) in [4.78, 5) is 12.9. The Bertz CT molecular complexity index is 805. The smallest absolute Gasteiger partial charge is 0.243 e.